The minimum Gasteiger partial charge on any atom is -0.440 e. The average molecular weight is 388 g/mol. The van der Waals surface area contributed by atoms with E-state index in [-0.39, 0.29) is 24.9 Å². The standard InChI is InChI=1S/C20H18F2N2O2S/c1-12-17(23-20(26-12)18-3-2-8-27-18)10-19(25)24(15-6-7-15)11-13-4-5-14(21)9-16(13)22/h2-5,8-9,15H,6-7,10-11H2,1H3. The van der Waals surface area contributed by atoms with E-state index in [2.05, 4.69) is 4.98 Å². The molecule has 140 valence electrons. The number of hydrogen-bond acceptors (Lipinski definition) is 4. The van der Waals surface area contributed by atoms with Crippen LogP contribution in [0.5, 0.6) is 0 Å². The molecule has 1 amide bonds. The van der Waals surface area contributed by atoms with Gasteiger partial charge in [-0.1, -0.05) is 12.1 Å². The van der Waals surface area contributed by atoms with E-state index >= 15 is 0 Å². The maximum atomic E-state index is 14.0. The van der Waals surface area contributed by atoms with Crippen LogP contribution in [0, 0.1) is 18.6 Å². The number of halogens is 2. The lowest BCUT2D eigenvalue weighted by molar-refractivity contribution is -0.131. The third-order valence-corrected chi connectivity index (χ3v) is 5.46. The Kier molecular flexibility index (Phi) is 4.78. The van der Waals surface area contributed by atoms with Crippen molar-refractivity contribution in [3.63, 3.8) is 0 Å². The first-order chi connectivity index (χ1) is 13.0. The van der Waals surface area contributed by atoms with Gasteiger partial charge in [0.25, 0.3) is 0 Å². The molecule has 1 saturated carbocycles. The molecule has 0 atom stereocenters. The summed E-state index contributed by atoms with van der Waals surface area (Å²) in [7, 11) is 0. The van der Waals surface area contributed by atoms with Gasteiger partial charge in [0.1, 0.15) is 17.4 Å². The Morgan fingerprint density at radius 3 is 2.81 bits per heavy atom. The van der Waals surface area contributed by atoms with E-state index in [4.69, 9.17) is 4.42 Å². The first-order valence-electron chi connectivity index (χ1n) is 8.75. The lowest BCUT2D eigenvalue weighted by Gasteiger charge is -2.22. The fraction of sp³-hybridized carbons (Fsp3) is 0.300. The molecule has 2 heterocycles. The predicted molar refractivity (Wildman–Crippen MR) is 98.2 cm³/mol. The lowest BCUT2D eigenvalue weighted by atomic mass is 10.1. The van der Waals surface area contributed by atoms with Crippen LogP contribution in [-0.4, -0.2) is 21.8 Å². The van der Waals surface area contributed by atoms with Gasteiger partial charge in [0, 0.05) is 24.2 Å². The number of aromatic nitrogens is 1. The molecule has 1 aromatic carbocycles. The summed E-state index contributed by atoms with van der Waals surface area (Å²) < 4.78 is 32.8. The molecule has 0 unspecified atom stereocenters. The number of thiophene rings is 1. The molecule has 0 bridgehead atoms. The van der Waals surface area contributed by atoms with Crippen molar-refractivity contribution >= 4 is 17.2 Å². The van der Waals surface area contributed by atoms with Crippen molar-refractivity contribution < 1.29 is 18.0 Å². The third-order valence-electron chi connectivity index (χ3n) is 4.61. The molecular formula is C20H18F2N2O2S. The topological polar surface area (TPSA) is 46.3 Å². The summed E-state index contributed by atoms with van der Waals surface area (Å²) >= 11 is 1.52. The van der Waals surface area contributed by atoms with E-state index in [1.54, 1.807) is 11.8 Å². The molecule has 1 aliphatic rings. The Labute approximate surface area is 159 Å². The second-order valence-electron chi connectivity index (χ2n) is 6.66. The maximum absolute atomic E-state index is 14.0. The number of hydrogen-bond donors (Lipinski definition) is 0. The van der Waals surface area contributed by atoms with E-state index in [1.807, 2.05) is 17.5 Å². The number of aryl methyl sites for hydroxylation is 1. The minimum atomic E-state index is -0.633. The molecule has 3 aromatic rings. The Morgan fingerprint density at radius 2 is 2.15 bits per heavy atom. The number of amides is 1. The fourth-order valence-electron chi connectivity index (χ4n) is 2.98. The zero-order valence-electron chi connectivity index (χ0n) is 14.7. The Balaban J connectivity index is 1.51. The summed E-state index contributed by atoms with van der Waals surface area (Å²) in [5.74, 6) is -0.274. The molecule has 0 spiro atoms. The molecule has 4 rings (SSSR count). The van der Waals surface area contributed by atoms with E-state index < -0.39 is 11.6 Å². The second kappa shape index (κ2) is 7.23. The molecule has 1 aliphatic carbocycles. The number of oxazole rings is 1. The highest BCUT2D eigenvalue weighted by Crippen LogP contribution is 2.31. The Hall–Kier alpha value is -2.54. The highest BCUT2D eigenvalue weighted by molar-refractivity contribution is 7.13. The van der Waals surface area contributed by atoms with Crippen LogP contribution in [0.1, 0.15) is 29.9 Å². The number of nitrogens with zero attached hydrogens (tertiary/aromatic N) is 2. The summed E-state index contributed by atoms with van der Waals surface area (Å²) in [5, 5.41) is 1.94. The van der Waals surface area contributed by atoms with Crippen LogP contribution >= 0.6 is 11.3 Å². The number of carbonyl (C=O) groups excluding carboxylic acids is 1. The number of rotatable bonds is 6. The highest BCUT2D eigenvalue weighted by atomic mass is 32.1. The first-order valence-corrected chi connectivity index (χ1v) is 9.63. The average Bonchev–Trinajstić information content (AvgIpc) is 3.18. The van der Waals surface area contributed by atoms with Crippen molar-refractivity contribution in [1.29, 1.82) is 0 Å². The highest BCUT2D eigenvalue weighted by Gasteiger charge is 2.33. The largest absolute Gasteiger partial charge is 0.440 e. The van der Waals surface area contributed by atoms with Gasteiger partial charge in [0.15, 0.2) is 0 Å². The zero-order chi connectivity index (χ0) is 19.0. The first kappa shape index (κ1) is 17.9. The van der Waals surface area contributed by atoms with Gasteiger partial charge in [-0.15, -0.1) is 11.3 Å². The van der Waals surface area contributed by atoms with Gasteiger partial charge in [0.05, 0.1) is 17.0 Å². The second-order valence-corrected chi connectivity index (χ2v) is 7.61. The minimum absolute atomic E-state index is 0.0972. The molecule has 0 saturated heterocycles. The van der Waals surface area contributed by atoms with Gasteiger partial charge in [-0.25, -0.2) is 13.8 Å². The molecule has 1 fully saturated rings. The van der Waals surface area contributed by atoms with Gasteiger partial charge in [-0.2, -0.15) is 0 Å². The van der Waals surface area contributed by atoms with Crippen molar-refractivity contribution in [1.82, 2.24) is 9.88 Å². The van der Waals surface area contributed by atoms with Gasteiger partial charge in [-0.05, 0) is 37.3 Å². The monoisotopic (exact) mass is 388 g/mol. The van der Waals surface area contributed by atoms with Crippen molar-refractivity contribution in [2.45, 2.75) is 38.8 Å². The molecule has 0 N–H and O–H groups in total. The van der Waals surface area contributed by atoms with Crippen LogP contribution < -0.4 is 0 Å². The molecule has 2 aromatic heterocycles. The lowest BCUT2D eigenvalue weighted by Crippen LogP contribution is -2.34. The summed E-state index contributed by atoms with van der Waals surface area (Å²) in [6, 6.07) is 7.38. The van der Waals surface area contributed by atoms with Gasteiger partial charge in [0.2, 0.25) is 11.8 Å². The van der Waals surface area contributed by atoms with Crippen LogP contribution in [0.3, 0.4) is 0 Å². The summed E-state index contributed by atoms with van der Waals surface area (Å²) in [6.45, 7) is 1.91. The van der Waals surface area contributed by atoms with Crippen molar-refractivity contribution in [3.8, 4) is 10.8 Å². The summed E-state index contributed by atoms with van der Waals surface area (Å²) in [4.78, 5) is 19.9. The quantitative estimate of drug-likeness (QED) is 0.614. The molecular weight excluding hydrogens is 370 g/mol. The summed E-state index contributed by atoms with van der Waals surface area (Å²) in [6.07, 6.45) is 1.89. The molecule has 7 heteroatoms. The van der Waals surface area contributed by atoms with E-state index in [1.165, 1.54) is 23.5 Å². The Bertz CT molecular complexity index is 965. The Morgan fingerprint density at radius 1 is 1.33 bits per heavy atom. The van der Waals surface area contributed by atoms with E-state index in [0.29, 0.717) is 22.9 Å². The maximum Gasteiger partial charge on any atom is 0.236 e. The normalized spacial score (nSPS) is 13.7. The molecule has 0 radical (unpaired) electrons. The van der Waals surface area contributed by atoms with E-state index in [0.717, 1.165) is 23.8 Å². The zero-order valence-corrected chi connectivity index (χ0v) is 15.6. The van der Waals surface area contributed by atoms with Crippen molar-refractivity contribution in [3.05, 3.63) is 64.4 Å². The fourth-order valence-corrected chi connectivity index (χ4v) is 3.63. The molecule has 4 nitrogen and oxygen atoms in total. The number of benzene rings is 1. The van der Waals surface area contributed by atoms with Gasteiger partial charge < -0.3 is 9.32 Å². The van der Waals surface area contributed by atoms with Crippen LogP contribution in [0.2, 0.25) is 0 Å². The van der Waals surface area contributed by atoms with Crippen LogP contribution in [0.25, 0.3) is 10.8 Å². The predicted octanol–water partition coefficient (Wildman–Crippen LogP) is 4.72. The number of carbonyl (C=O) groups is 1. The van der Waals surface area contributed by atoms with Gasteiger partial charge >= 0.3 is 0 Å². The van der Waals surface area contributed by atoms with E-state index in [9.17, 15) is 13.6 Å². The van der Waals surface area contributed by atoms with Crippen molar-refractivity contribution in [2.24, 2.45) is 0 Å². The van der Waals surface area contributed by atoms with Gasteiger partial charge in [-0.3, -0.25) is 4.79 Å². The van der Waals surface area contributed by atoms with Crippen molar-refractivity contribution in [2.75, 3.05) is 0 Å². The molecule has 0 aliphatic heterocycles. The van der Waals surface area contributed by atoms with Crippen LogP contribution in [-0.2, 0) is 17.8 Å². The SMILES string of the molecule is Cc1oc(-c2cccs2)nc1CC(=O)N(Cc1ccc(F)cc1F)C1CC1. The summed E-state index contributed by atoms with van der Waals surface area (Å²) in [5.41, 5.74) is 0.904. The van der Waals surface area contributed by atoms with Crippen LogP contribution in [0.4, 0.5) is 8.78 Å². The van der Waals surface area contributed by atoms with Crippen LogP contribution in [0.15, 0.2) is 40.1 Å². The third kappa shape index (κ3) is 3.93. The smallest absolute Gasteiger partial charge is 0.236 e. The molecule has 27 heavy (non-hydrogen) atoms.